The van der Waals surface area contributed by atoms with Crippen molar-refractivity contribution in [3.05, 3.63) is 35.5 Å². The first-order valence-corrected chi connectivity index (χ1v) is 7.46. The van der Waals surface area contributed by atoms with Crippen LogP contribution in [0.15, 0.2) is 35.5 Å². The first-order valence-electron chi connectivity index (χ1n) is 7.46. The Kier molecular flexibility index (Phi) is 5.58. The average Bonchev–Trinajstić information content (AvgIpc) is 2.86. The summed E-state index contributed by atoms with van der Waals surface area (Å²) in [6, 6.07) is 0. The summed E-state index contributed by atoms with van der Waals surface area (Å²) in [5.74, 6) is 0.512. The van der Waals surface area contributed by atoms with Gasteiger partial charge in [-0.05, 0) is 31.4 Å². The summed E-state index contributed by atoms with van der Waals surface area (Å²) >= 11 is 0. The van der Waals surface area contributed by atoms with Gasteiger partial charge < -0.3 is 9.47 Å². The Morgan fingerprint density at radius 3 is 2.65 bits per heavy atom. The number of hydrogen-bond acceptors (Lipinski definition) is 3. The van der Waals surface area contributed by atoms with Gasteiger partial charge in [-0.2, -0.15) is 0 Å². The zero-order valence-electron chi connectivity index (χ0n) is 13.0. The third kappa shape index (κ3) is 4.05. The molecule has 0 aromatic heterocycles. The summed E-state index contributed by atoms with van der Waals surface area (Å²) in [5, 5.41) is 0. The lowest BCUT2D eigenvalue weighted by molar-refractivity contribution is -0.0243. The van der Waals surface area contributed by atoms with E-state index >= 15 is 0 Å². The largest absolute Gasteiger partial charge is 0.381 e. The lowest BCUT2D eigenvalue weighted by Gasteiger charge is -2.39. The van der Waals surface area contributed by atoms with Crippen molar-refractivity contribution in [2.75, 3.05) is 40.0 Å². The SMILES string of the molecule is C=C(CN1CC(OC)C1)/C(=C\C=C(C)C)[C@H]1CCOC1. The van der Waals surface area contributed by atoms with Crippen LogP contribution in [0.5, 0.6) is 0 Å². The van der Waals surface area contributed by atoms with E-state index in [-0.39, 0.29) is 0 Å². The molecule has 3 heteroatoms. The van der Waals surface area contributed by atoms with Crippen molar-refractivity contribution in [1.29, 1.82) is 0 Å². The number of ether oxygens (including phenoxy) is 2. The quantitative estimate of drug-likeness (QED) is 0.697. The van der Waals surface area contributed by atoms with E-state index in [1.807, 2.05) is 0 Å². The van der Waals surface area contributed by atoms with Gasteiger partial charge in [-0.1, -0.05) is 24.3 Å². The van der Waals surface area contributed by atoms with Crippen LogP contribution in [-0.2, 0) is 9.47 Å². The minimum atomic E-state index is 0.405. The van der Waals surface area contributed by atoms with Gasteiger partial charge in [-0.3, -0.25) is 4.90 Å². The Labute approximate surface area is 122 Å². The van der Waals surface area contributed by atoms with E-state index in [9.17, 15) is 0 Å². The van der Waals surface area contributed by atoms with E-state index in [0.29, 0.717) is 12.0 Å². The molecule has 2 heterocycles. The highest BCUT2D eigenvalue weighted by atomic mass is 16.5. The Morgan fingerprint density at radius 1 is 1.35 bits per heavy atom. The summed E-state index contributed by atoms with van der Waals surface area (Å²) in [6.07, 6.45) is 5.95. The molecular formula is C17H27NO2. The highest BCUT2D eigenvalue weighted by Crippen LogP contribution is 2.28. The van der Waals surface area contributed by atoms with E-state index < -0.39 is 0 Å². The lowest BCUT2D eigenvalue weighted by atomic mass is 9.91. The molecule has 0 saturated carbocycles. The molecule has 1 atom stereocenters. The molecule has 112 valence electrons. The van der Waals surface area contributed by atoms with Crippen LogP contribution in [0.2, 0.25) is 0 Å². The zero-order valence-corrected chi connectivity index (χ0v) is 13.0. The van der Waals surface area contributed by atoms with Crippen molar-refractivity contribution in [2.45, 2.75) is 26.4 Å². The molecule has 2 rings (SSSR count). The number of allylic oxidation sites excluding steroid dienone is 3. The summed E-state index contributed by atoms with van der Waals surface area (Å²) < 4.78 is 10.9. The van der Waals surface area contributed by atoms with Gasteiger partial charge in [0.25, 0.3) is 0 Å². The van der Waals surface area contributed by atoms with Gasteiger partial charge in [0.15, 0.2) is 0 Å². The van der Waals surface area contributed by atoms with Crippen LogP contribution in [0, 0.1) is 5.92 Å². The Hall–Kier alpha value is -0.900. The molecule has 20 heavy (non-hydrogen) atoms. The van der Waals surface area contributed by atoms with Gasteiger partial charge in [-0.25, -0.2) is 0 Å². The fourth-order valence-electron chi connectivity index (χ4n) is 2.74. The molecule has 0 aromatic carbocycles. The van der Waals surface area contributed by atoms with Gasteiger partial charge in [0, 0.05) is 39.3 Å². The second-order valence-corrected chi connectivity index (χ2v) is 6.08. The molecule has 0 spiro atoms. The topological polar surface area (TPSA) is 21.7 Å². The van der Waals surface area contributed by atoms with Crippen molar-refractivity contribution in [1.82, 2.24) is 4.90 Å². The van der Waals surface area contributed by atoms with E-state index in [2.05, 4.69) is 37.5 Å². The summed E-state index contributed by atoms with van der Waals surface area (Å²) in [5.41, 5.74) is 3.91. The van der Waals surface area contributed by atoms with Gasteiger partial charge in [-0.15, -0.1) is 0 Å². The Morgan fingerprint density at radius 2 is 2.10 bits per heavy atom. The van der Waals surface area contributed by atoms with Crippen LogP contribution in [0.25, 0.3) is 0 Å². The molecule has 0 N–H and O–H groups in total. The van der Waals surface area contributed by atoms with Gasteiger partial charge >= 0.3 is 0 Å². The fourth-order valence-corrected chi connectivity index (χ4v) is 2.74. The van der Waals surface area contributed by atoms with Crippen molar-refractivity contribution in [3.8, 4) is 0 Å². The maximum atomic E-state index is 5.54. The summed E-state index contributed by atoms with van der Waals surface area (Å²) in [6.45, 7) is 13.3. The van der Waals surface area contributed by atoms with E-state index in [0.717, 1.165) is 39.3 Å². The maximum absolute atomic E-state index is 5.54. The van der Waals surface area contributed by atoms with Gasteiger partial charge in [0.05, 0.1) is 12.7 Å². The van der Waals surface area contributed by atoms with Crippen molar-refractivity contribution in [3.63, 3.8) is 0 Å². The second-order valence-electron chi connectivity index (χ2n) is 6.08. The van der Waals surface area contributed by atoms with Crippen LogP contribution in [0.1, 0.15) is 20.3 Å². The number of hydrogen-bond donors (Lipinski definition) is 0. The summed E-state index contributed by atoms with van der Waals surface area (Å²) in [4.78, 5) is 2.39. The van der Waals surface area contributed by atoms with Crippen molar-refractivity contribution in [2.24, 2.45) is 5.92 Å². The molecule has 3 nitrogen and oxygen atoms in total. The minimum absolute atomic E-state index is 0.405. The normalized spacial score (nSPS) is 24.6. The molecule has 2 aliphatic rings. The molecule has 2 aliphatic heterocycles. The standard InChI is InChI=1S/C17H27NO2/c1-13(2)5-6-17(15-7-8-20-12-15)14(3)9-18-10-16(11-18)19-4/h5-6,15-16H,3,7-12H2,1-2,4H3/b17-6+/t15-/m0/s1. The van der Waals surface area contributed by atoms with E-state index in [1.165, 1.54) is 16.7 Å². The predicted molar refractivity (Wildman–Crippen MR) is 82.8 cm³/mol. The van der Waals surface area contributed by atoms with Crippen molar-refractivity contribution < 1.29 is 9.47 Å². The molecule has 2 saturated heterocycles. The van der Waals surface area contributed by atoms with Gasteiger partial charge in [0.1, 0.15) is 0 Å². The molecule has 0 unspecified atom stereocenters. The zero-order chi connectivity index (χ0) is 14.5. The first kappa shape index (κ1) is 15.5. The number of nitrogens with zero attached hydrogens (tertiary/aromatic N) is 1. The molecule has 0 amide bonds. The van der Waals surface area contributed by atoms with Crippen LogP contribution >= 0.6 is 0 Å². The molecule has 2 fully saturated rings. The maximum Gasteiger partial charge on any atom is 0.0825 e. The molecule has 0 aliphatic carbocycles. The average molecular weight is 277 g/mol. The second kappa shape index (κ2) is 7.21. The predicted octanol–water partition coefficient (Wildman–Crippen LogP) is 2.80. The van der Waals surface area contributed by atoms with E-state index in [1.54, 1.807) is 7.11 Å². The Bertz CT molecular complexity index is 395. The lowest BCUT2D eigenvalue weighted by Crippen LogP contribution is -2.52. The molecular weight excluding hydrogens is 250 g/mol. The first-order chi connectivity index (χ1) is 9.60. The summed E-state index contributed by atoms with van der Waals surface area (Å²) in [7, 11) is 1.78. The smallest absolute Gasteiger partial charge is 0.0825 e. The fraction of sp³-hybridized carbons (Fsp3) is 0.647. The van der Waals surface area contributed by atoms with Crippen LogP contribution in [0.3, 0.4) is 0 Å². The highest BCUT2D eigenvalue weighted by molar-refractivity contribution is 5.36. The molecule has 0 radical (unpaired) electrons. The highest BCUT2D eigenvalue weighted by Gasteiger charge is 2.28. The minimum Gasteiger partial charge on any atom is -0.381 e. The van der Waals surface area contributed by atoms with Crippen LogP contribution < -0.4 is 0 Å². The van der Waals surface area contributed by atoms with Crippen LogP contribution in [-0.4, -0.2) is 51.0 Å². The van der Waals surface area contributed by atoms with Crippen molar-refractivity contribution >= 4 is 0 Å². The molecule has 0 bridgehead atoms. The van der Waals surface area contributed by atoms with Crippen LogP contribution in [0.4, 0.5) is 0 Å². The third-order valence-corrected chi connectivity index (χ3v) is 4.05. The van der Waals surface area contributed by atoms with E-state index in [4.69, 9.17) is 9.47 Å². The number of rotatable bonds is 6. The van der Waals surface area contributed by atoms with Gasteiger partial charge in [0.2, 0.25) is 0 Å². The Balaban J connectivity index is 1.97. The monoisotopic (exact) mass is 277 g/mol. The number of methoxy groups -OCH3 is 1. The third-order valence-electron chi connectivity index (χ3n) is 4.05. The number of likely N-dealkylation sites (tertiary alicyclic amines) is 1. The molecule has 0 aromatic rings.